The molecular weight excluding hydrogens is 374 g/mol. The summed E-state index contributed by atoms with van der Waals surface area (Å²) in [4.78, 5) is 39.2. The van der Waals surface area contributed by atoms with E-state index in [0.29, 0.717) is 18.5 Å². The number of hydrogen-bond donors (Lipinski definition) is 1. The van der Waals surface area contributed by atoms with Gasteiger partial charge < -0.3 is 5.11 Å². The lowest BCUT2D eigenvalue weighted by Gasteiger charge is -2.42. The molecule has 1 aromatic rings. The molecule has 152 valence electrons. The average molecular weight is 405 g/mol. The summed E-state index contributed by atoms with van der Waals surface area (Å²) in [6, 6.07) is 8.89. The predicted octanol–water partition coefficient (Wildman–Crippen LogP) is 4.96. The number of carbonyl (C=O) groups is 3. The van der Waals surface area contributed by atoms with Crippen molar-refractivity contribution in [3.63, 3.8) is 0 Å². The lowest BCUT2D eigenvalue weighted by Crippen LogP contribution is -2.65. The molecule has 2 aliphatic rings. The number of benzene rings is 1. The summed E-state index contributed by atoms with van der Waals surface area (Å²) < 4.78 is -0.477. The average Bonchev–Trinajstić information content (AvgIpc) is 3.26. The quantitative estimate of drug-likeness (QED) is 0.718. The summed E-state index contributed by atoms with van der Waals surface area (Å²) in [6.07, 6.45) is 2.71. The van der Waals surface area contributed by atoms with Gasteiger partial charge in [-0.05, 0) is 25.7 Å². The Morgan fingerprint density at radius 2 is 1.82 bits per heavy atom. The van der Waals surface area contributed by atoms with Gasteiger partial charge >= 0.3 is 12.0 Å². The van der Waals surface area contributed by atoms with Gasteiger partial charge in [0.05, 0.1) is 6.54 Å². The molecule has 1 N–H and O–H groups in total. The van der Waals surface area contributed by atoms with Crippen LogP contribution in [0.2, 0.25) is 0 Å². The van der Waals surface area contributed by atoms with E-state index < -0.39 is 16.0 Å². The smallest absolute Gasteiger partial charge is 0.435 e. The normalized spacial score (nSPS) is 32.6. The van der Waals surface area contributed by atoms with Crippen molar-refractivity contribution < 1.29 is 24.0 Å². The van der Waals surface area contributed by atoms with Gasteiger partial charge in [0.25, 0.3) is 0 Å². The van der Waals surface area contributed by atoms with Gasteiger partial charge in [-0.1, -0.05) is 62.4 Å². The Morgan fingerprint density at radius 3 is 2.36 bits per heavy atom. The van der Waals surface area contributed by atoms with Gasteiger partial charge in [0.2, 0.25) is 5.12 Å². The minimum absolute atomic E-state index is 0.0225. The second-order valence-electron chi connectivity index (χ2n) is 8.52. The molecule has 2 fully saturated rings. The largest absolute Gasteiger partial charge is 0.521 e. The number of nitrogens with zero attached hydrogens (tertiary/aromatic N) is 1. The highest BCUT2D eigenvalue weighted by Crippen LogP contribution is 2.54. The molecule has 1 aliphatic heterocycles. The third-order valence-corrected chi connectivity index (χ3v) is 8.30. The molecule has 5 nitrogen and oxygen atoms in total. The Morgan fingerprint density at radius 1 is 1.14 bits per heavy atom. The number of likely N-dealkylation sites (tertiary alicyclic amines) is 1. The molecule has 1 aliphatic carbocycles. The van der Waals surface area contributed by atoms with Crippen LogP contribution in [0.3, 0.4) is 0 Å². The Labute approximate surface area is 171 Å². The highest BCUT2D eigenvalue weighted by molar-refractivity contribution is 8.14. The van der Waals surface area contributed by atoms with E-state index in [1.807, 2.05) is 39.0 Å². The number of amides is 2. The number of hydrogen-bond acceptors (Lipinski definition) is 4. The third-order valence-electron chi connectivity index (χ3n) is 6.91. The van der Waals surface area contributed by atoms with Crippen molar-refractivity contribution >= 4 is 28.9 Å². The third kappa shape index (κ3) is 3.20. The van der Waals surface area contributed by atoms with Gasteiger partial charge in [-0.2, -0.15) is 9.28 Å². The van der Waals surface area contributed by atoms with Crippen LogP contribution in [0.5, 0.6) is 0 Å². The monoisotopic (exact) mass is 404 g/mol. The summed E-state index contributed by atoms with van der Waals surface area (Å²) in [7, 11) is 0. The van der Waals surface area contributed by atoms with Gasteiger partial charge in [-0.15, -0.1) is 0 Å². The molecule has 1 saturated heterocycles. The molecular formula is C22H30NO4S+. The Bertz CT molecular complexity index is 765. The SMILES string of the molecule is CC(C)C1(C(=O)[N+]2(C(=O)O)CCC[C@H]2C)CCCC1SC(=O)c1ccccc1. The highest BCUT2D eigenvalue weighted by Gasteiger charge is 2.65. The number of carbonyl (C=O) groups excluding carboxylic acids is 2. The first-order valence-corrected chi connectivity index (χ1v) is 11.1. The second kappa shape index (κ2) is 7.99. The summed E-state index contributed by atoms with van der Waals surface area (Å²) in [5, 5.41) is 9.86. The first kappa shape index (κ1) is 21.1. The number of carboxylic acid groups (broad SMARTS) is 1. The van der Waals surface area contributed by atoms with E-state index in [0.717, 1.165) is 25.7 Å². The van der Waals surface area contributed by atoms with Gasteiger partial charge in [-0.3, -0.25) is 4.79 Å². The summed E-state index contributed by atoms with van der Waals surface area (Å²) >= 11 is 1.23. The van der Waals surface area contributed by atoms with Crippen LogP contribution >= 0.6 is 11.8 Å². The second-order valence-corrected chi connectivity index (χ2v) is 9.69. The minimum Gasteiger partial charge on any atom is -0.435 e. The van der Waals surface area contributed by atoms with E-state index >= 15 is 0 Å². The highest BCUT2D eigenvalue weighted by atomic mass is 32.2. The molecule has 3 rings (SSSR count). The zero-order valence-corrected chi connectivity index (χ0v) is 17.7. The number of thioether (sulfide) groups is 1. The van der Waals surface area contributed by atoms with Crippen LogP contribution in [0.25, 0.3) is 0 Å². The number of rotatable bonds is 4. The molecule has 0 bridgehead atoms. The van der Waals surface area contributed by atoms with Crippen molar-refractivity contribution in [1.29, 1.82) is 0 Å². The summed E-state index contributed by atoms with van der Waals surface area (Å²) in [5.74, 6) is -0.207. The molecule has 0 radical (unpaired) electrons. The van der Waals surface area contributed by atoms with Crippen molar-refractivity contribution in [3.05, 3.63) is 35.9 Å². The maximum Gasteiger partial charge on any atom is 0.521 e. The van der Waals surface area contributed by atoms with E-state index in [1.54, 1.807) is 12.1 Å². The minimum atomic E-state index is -1.04. The summed E-state index contributed by atoms with van der Waals surface area (Å²) in [5.41, 5.74) is -0.160. The topological polar surface area (TPSA) is 71.4 Å². The number of imide groups is 1. The van der Waals surface area contributed by atoms with Crippen LogP contribution in [0.4, 0.5) is 4.79 Å². The van der Waals surface area contributed by atoms with Crippen molar-refractivity contribution in [1.82, 2.24) is 0 Å². The molecule has 6 heteroatoms. The van der Waals surface area contributed by atoms with E-state index in [9.17, 15) is 19.5 Å². The molecule has 1 heterocycles. The van der Waals surface area contributed by atoms with E-state index in [2.05, 4.69) is 0 Å². The van der Waals surface area contributed by atoms with Crippen molar-refractivity contribution in [2.75, 3.05) is 6.54 Å². The first-order valence-electron chi connectivity index (χ1n) is 10.2. The predicted molar refractivity (Wildman–Crippen MR) is 110 cm³/mol. The maximum atomic E-state index is 14.0. The van der Waals surface area contributed by atoms with Crippen molar-refractivity contribution in [2.45, 2.75) is 64.2 Å². The fourth-order valence-corrected chi connectivity index (χ4v) is 6.72. The lowest BCUT2D eigenvalue weighted by atomic mass is 9.73. The molecule has 0 spiro atoms. The standard InChI is InChI=1S/C22H29NO4S/c1-15(2)22(20(25)23(21(26)27)14-8-9-16(23)3)13-7-12-18(22)28-19(24)17-10-5-4-6-11-17/h4-6,10-11,15-16,18H,7-9,12-14H2,1-3H3/p+1/t16-,18?,22?,23?/m1/s1. The molecule has 1 saturated carbocycles. The number of quaternary nitrogens is 1. The first-order chi connectivity index (χ1) is 13.3. The van der Waals surface area contributed by atoms with Crippen LogP contribution in [-0.2, 0) is 4.79 Å². The van der Waals surface area contributed by atoms with Gasteiger partial charge in [-0.25, -0.2) is 4.79 Å². The van der Waals surface area contributed by atoms with Gasteiger partial charge in [0.1, 0.15) is 11.5 Å². The zero-order chi connectivity index (χ0) is 20.5. The Kier molecular flexibility index (Phi) is 6.01. The lowest BCUT2D eigenvalue weighted by molar-refractivity contribution is -0.796. The molecule has 2 amide bonds. The zero-order valence-electron chi connectivity index (χ0n) is 16.9. The van der Waals surface area contributed by atoms with Crippen LogP contribution in [0.1, 0.15) is 63.2 Å². The molecule has 4 atom stereocenters. The summed E-state index contributed by atoms with van der Waals surface area (Å²) in [6.45, 7) is 6.23. The van der Waals surface area contributed by atoms with Crippen LogP contribution in [0.15, 0.2) is 30.3 Å². The Hall–Kier alpha value is -1.66. The van der Waals surface area contributed by atoms with Crippen molar-refractivity contribution in [3.8, 4) is 0 Å². The fourth-order valence-electron chi connectivity index (χ4n) is 5.21. The molecule has 28 heavy (non-hydrogen) atoms. The van der Waals surface area contributed by atoms with E-state index in [1.165, 1.54) is 11.8 Å². The van der Waals surface area contributed by atoms with Crippen LogP contribution in [0, 0.1) is 11.3 Å². The van der Waals surface area contributed by atoms with Crippen LogP contribution in [-0.4, -0.2) is 44.5 Å². The Balaban J connectivity index is 1.97. The van der Waals surface area contributed by atoms with Crippen molar-refractivity contribution in [2.24, 2.45) is 11.3 Å². The van der Waals surface area contributed by atoms with Gasteiger partial charge in [0.15, 0.2) is 0 Å². The van der Waals surface area contributed by atoms with E-state index in [-0.39, 0.29) is 28.2 Å². The van der Waals surface area contributed by atoms with Gasteiger partial charge in [0, 0.05) is 23.7 Å². The maximum absolute atomic E-state index is 14.0. The van der Waals surface area contributed by atoms with Crippen LogP contribution < -0.4 is 0 Å². The van der Waals surface area contributed by atoms with E-state index in [4.69, 9.17) is 0 Å². The molecule has 1 aromatic carbocycles. The molecule has 3 unspecified atom stereocenters. The molecule has 0 aromatic heterocycles. The fraction of sp³-hybridized carbons (Fsp3) is 0.591.